The molecule has 2 heterocycles. The van der Waals surface area contributed by atoms with Crippen LogP contribution in [0.15, 0.2) is 22.2 Å². The molecule has 1 aliphatic rings. The first kappa shape index (κ1) is 25.7. The molecule has 0 aromatic carbocycles. The fraction of sp³-hybridized carbons (Fsp3) is 0.688. The van der Waals surface area contributed by atoms with Crippen LogP contribution in [0.5, 0.6) is 0 Å². The molecule has 2 rings (SSSR count). The summed E-state index contributed by atoms with van der Waals surface area (Å²) in [6, 6.07) is 1.19. The second-order valence-electron chi connectivity index (χ2n) is 7.46. The van der Waals surface area contributed by atoms with Gasteiger partial charge >= 0.3 is 19.3 Å². The molecular weight excluding hydrogens is 454 g/mol. The molecule has 0 saturated carbocycles. The maximum Gasteiger partial charge on any atom is 0.351 e. The number of nitrogens with zero attached hydrogens (tertiary/aromatic N) is 5. The van der Waals surface area contributed by atoms with Gasteiger partial charge < -0.3 is 29.7 Å². The molecule has 1 aliphatic heterocycles. The number of carbonyl (C=O) groups is 1. The molecule has 0 amide bonds. The maximum atomic E-state index is 15.0. The van der Waals surface area contributed by atoms with E-state index in [0.717, 1.165) is 6.20 Å². The van der Waals surface area contributed by atoms with Gasteiger partial charge in [0.25, 0.3) is 0 Å². The van der Waals surface area contributed by atoms with Crippen LogP contribution in [0.3, 0.4) is 0 Å². The summed E-state index contributed by atoms with van der Waals surface area (Å²) >= 11 is 0. The predicted octanol–water partition coefficient (Wildman–Crippen LogP) is 0.850. The van der Waals surface area contributed by atoms with Gasteiger partial charge in [-0.25, -0.2) is 9.18 Å². The van der Waals surface area contributed by atoms with Gasteiger partial charge in [-0.3, -0.25) is 13.9 Å². The van der Waals surface area contributed by atoms with Gasteiger partial charge in [0.2, 0.25) is 5.72 Å². The van der Waals surface area contributed by atoms with E-state index in [4.69, 9.17) is 25.3 Å². The van der Waals surface area contributed by atoms with E-state index < -0.39 is 68.3 Å². The lowest BCUT2D eigenvalue weighted by Crippen LogP contribution is -2.42. The number of aliphatic hydroxyl groups excluding tert-OH is 1. The number of anilines is 1. The Morgan fingerprint density at radius 3 is 2.78 bits per heavy atom. The van der Waals surface area contributed by atoms with E-state index >= 15 is 0 Å². The molecule has 1 unspecified atom stereocenters. The number of nitrogens with two attached hydrogens (primary N) is 1. The molecule has 178 valence electrons. The first-order valence-corrected chi connectivity index (χ1v) is 11.2. The summed E-state index contributed by atoms with van der Waals surface area (Å²) in [5.41, 5.74) is 10.7. The summed E-state index contributed by atoms with van der Waals surface area (Å²) in [6.07, 6.45) is -6.20. The second kappa shape index (κ2) is 9.94. The number of esters is 1. The number of carbonyl (C=O) groups excluding carboxylic acids is 1. The minimum absolute atomic E-state index is 0.133. The minimum Gasteiger partial charge on any atom is -0.463 e. The summed E-state index contributed by atoms with van der Waals surface area (Å²) in [6.45, 7) is 3.45. The van der Waals surface area contributed by atoms with Gasteiger partial charge in [-0.1, -0.05) is 12.0 Å². The van der Waals surface area contributed by atoms with Gasteiger partial charge in [-0.15, -0.1) is 0 Å². The van der Waals surface area contributed by atoms with Crippen LogP contribution in [-0.4, -0.2) is 62.4 Å². The average molecular weight is 478 g/mol. The highest BCUT2D eigenvalue weighted by molar-refractivity contribution is 7.52. The Bertz CT molecular complexity index is 1000. The molecule has 14 nitrogen and oxygen atoms in total. The highest BCUT2D eigenvalue weighted by Crippen LogP contribution is 2.48. The number of halogens is 1. The number of aliphatic hydroxyl groups is 1. The molecule has 1 aromatic heterocycles. The maximum absolute atomic E-state index is 15.0. The number of alkyl halides is 1. The monoisotopic (exact) mass is 478 g/mol. The summed E-state index contributed by atoms with van der Waals surface area (Å²) in [5, 5.41) is 13.4. The van der Waals surface area contributed by atoms with Gasteiger partial charge in [-0.2, -0.15) is 4.98 Å². The van der Waals surface area contributed by atoms with Gasteiger partial charge in [0.05, 0.1) is 24.8 Å². The Hall–Kier alpha value is -2.54. The van der Waals surface area contributed by atoms with E-state index in [1.54, 1.807) is 13.8 Å². The average Bonchev–Trinajstić information content (AvgIpc) is 2.92. The van der Waals surface area contributed by atoms with E-state index in [-0.39, 0.29) is 5.82 Å². The fourth-order valence-corrected chi connectivity index (χ4v) is 4.24. The van der Waals surface area contributed by atoms with E-state index in [1.807, 2.05) is 0 Å². The zero-order chi connectivity index (χ0) is 24.3. The van der Waals surface area contributed by atoms with Crippen molar-refractivity contribution in [3.63, 3.8) is 0 Å². The minimum atomic E-state index is -4.53. The van der Waals surface area contributed by atoms with Gasteiger partial charge in [0.15, 0.2) is 12.4 Å². The number of hydrogen-bond donors (Lipinski definition) is 3. The number of hydrogen-bond acceptors (Lipinski definition) is 10. The van der Waals surface area contributed by atoms with Gasteiger partial charge in [0, 0.05) is 11.1 Å². The molecule has 4 N–H and O–H groups in total. The lowest BCUT2D eigenvalue weighted by molar-refractivity contribution is -0.151. The normalized spacial score (nSPS) is 28.0. The van der Waals surface area contributed by atoms with Crippen molar-refractivity contribution in [1.82, 2.24) is 9.55 Å². The summed E-state index contributed by atoms with van der Waals surface area (Å²) in [5.74, 6) is -1.91. The lowest BCUT2D eigenvalue weighted by Gasteiger charge is -2.27. The summed E-state index contributed by atoms with van der Waals surface area (Å²) in [7, 11) is -4.53. The fourth-order valence-electron chi connectivity index (χ4n) is 2.91. The Labute approximate surface area is 181 Å². The van der Waals surface area contributed by atoms with Crippen molar-refractivity contribution in [2.45, 2.75) is 51.1 Å². The number of aromatic nitrogens is 2. The SMILES string of the molecule is CC(C)OC(=O)[C@H](C)CP(=O)(O)OC[C@@]1(N=[N+]=[N-])O[C@@H](n2ccc(N)nc2=O)[C@H](O)[C@@H]1F. The highest BCUT2D eigenvalue weighted by atomic mass is 31.2. The van der Waals surface area contributed by atoms with E-state index in [9.17, 15) is 28.5 Å². The Morgan fingerprint density at radius 1 is 1.56 bits per heavy atom. The zero-order valence-electron chi connectivity index (χ0n) is 17.4. The quantitative estimate of drug-likeness (QED) is 0.150. The number of ether oxygens (including phenoxy) is 2. The standard InChI is InChI=1S/C16H24FN6O8P/c1-8(2)30-14(25)9(3)6-32(27,28)29-7-16(21-22-19)12(17)11(24)13(31-16)23-5-4-10(18)20-15(23)26/h4-5,8-9,11-13,24H,6-7H2,1-3H3,(H,27,28)(H2,18,20,26)/t9-,11-,12+,13-,16-/m1/s1. The predicted molar refractivity (Wildman–Crippen MR) is 107 cm³/mol. The highest BCUT2D eigenvalue weighted by Gasteiger charge is 2.57. The van der Waals surface area contributed by atoms with Crippen molar-refractivity contribution in [3.05, 3.63) is 33.2 Å². The lowest BCUT2D eigenvalue weighted by atomic mass is 10.1. The van der Waals surface area contributed by atoms with Crippen molar-refractivity contribution in [2.75, 3.05) is 18.5 Å². The number of rotatable bonds is 9. The van der Waals surface area contributed by atoms with Crippen molar-refractivity contribution < 1.29 is 37.7 Å². The molecule has 0 radical (unpaired) electrons. The van der Waals surface area contributed by atoms with Gasteiger partial charge in [-0.05, 0) is 25.4 Å². The summed E-state index contributed by atoms with van der Waals surface area (Å²) < 4.78 is 43.2. The largest absolute Gasteiger partial charge is 0.463 e. The third-order valence-electron chi connectivity index (χ3n) is 4.42. The topological polar surface area (TPSA) is 212 Å². The van der Waals surface area contributed by atoms with Crippen molar-refractivity contribution in [1.29, 1.82) is 0 Å². The van der Waals surface area contributed by atoms with Crippen LogP contribution in [-0.2, 0) is 23.4 Å². The summed E-state index contributed by atoms with van der Waals surface area (Å²) in [4.78, 5) is 39.9. The molecule has 0 spiro atoms. The van der Waals surface area contributed by atoms with Crippen LogP contribution < -0.4 is 11.4 Å². The van der Waals surface area contributed by atoms with Crippen LogP contribution in [0.1, 0.15) is 27.0 Å². The smallest absolute Gasteiger partial charge is 0.351 e. The third kappa shape index (κ3) is 5.82. The zero-order valence-corrected chi connectivity index (χ0v) is 18.3. The Morgan fingerprint density at radius 2 is 2.22 bits per heavy atom. The van der Waals surface area contributed by atoms with Crippen molar-refractivity contribution in [3.8, 4) is 0 Å². The molecular formula is C16H24FN6O8P. The first-order valence-electron chi connectivity index (χ1n) is 9.39. The van der Waals surface area contributed by atoms with Crippen LogP contribution in [0, 0.1) is 5.92 Å². The van der Waals surface area contributed by atoms with Crippen molar-refractivity contribution in [2.24, 2.45) is 11.0 Å². The molecule has 0 aliphatic carbocycles. The van der Waals surface area contributed by atoms with Crippen LogP contribution in [0.2, 0.25) is 0 Å². The molecule has 32 heavy (non-hydrogen) atoms. The van der Waals surface area contributed by atoms with Crippen molar-refractivity contribution >= 4 is 19.4 Å². The molecule has 1 fully saturated rings. The van der Waals surface area contributed by atoms with Crippen LogP contribution >= 0.6 is 7.60 Å². The number of azide groups is 1. The van der Waals surface area contributed by atoms with Crippen LogP contribution in [0.4, 0.5) is 10.2 Å². The number of nitrogen functional groups attached to an aromatic ring is 1. The Kier molecular flexibility index (Phi) is 7.99. The molecule has 1 saturated heterocycles. The third-order valence-corrected chi connectivity index (χ3v) is 5.96. The molecule has 1 aromatic rings. The van der Waals surface area contributed by atoms with Crippen LogP contribution in [0.25, 0.3) is 10.4 Å². The molecule has 0 bridgehead atoms. The molecule has 16 heteroatoms. The van der Waals surface area contributed by atoms with E-state index in [0.29, 0.717) is 4.57 Å². The van der Waals surface area contributed by atoms with E-state index in [1.165, 1.54) is 13.0 Å². The Balaban J connectivity index is 2.21. The van der Waals surface area contributed by atoms with E-state index in [2.05, 4.69) is 15.0 Å². The second-order valence-corrected chi connectivity index (χ2v) is 9.36. The van der Waals surface area contributed by atoms with Gasteiger partial charge in [0.1, 0.15) is 11.9 Å². The first-order chi connectivity index (χ1) is 14.8. The molecule has 6 atom stereocenters.